The Hall–Kier alpha value is -5.98. The highest BCUT2D eigenvalue weighted by atomic mass is 19.4. The lowest BCUT2D eigenvalue weighted by Gasteiger charge is -2.05. The molecular weight excluding hydrogens is 636 g/mol. The Balaban J connectivity index is 0.000000152. The molecule has 0 aliphatic heterocycles. The number of nitrogens with zero attached hydrogens (tertiary/aromatic N) is 4. The number of benzene rings is 2. The van der Waals surface area contributed by atoms with Crippen molar-refractivity contribution in [3.05, 3.63) is 126 Å². The predicted molar refractivity (Wildman–Crippen MR) is 166 cm³/mol. The van der Waals surface area contributed by atoms with E-state index in [2.05, 4.69) is 24.9 Å². The fraction of sp³-hybridized carbons (Fsp3) is 0.0857. The van der Waals surface area contributed by atoms with E-state index in [1.807, 2.05) is 30.4 Å². The molecule has 7 nitrogen and oxygen atoms in total. The lowest BCUT2D eigenvalue weighted by molar-refractivity contribution is -0.138. The summed E-state index contributed by atoms with van der Waals surface area (Å²) >= 11 is 0. The van der Waals surface area contributed by atoms with Gasteiger partial charge in [-0.15, -0.1) is 0 Å². The van der Waals surface area contributed by atoms with Crippen LogP contribution in [-0.2, 0) is 12.4 Å². The first kappa shape index (κ1) is 30.7. The topological polar surface area (TPSA) is 93.6 Å². The van der Waals surface area contributed by atoms with Crippen LogP contribution in [0.4, 0.5) is 26.3 Å². The zero-order chi connectivity index (χ0) is 33.5. The van der Waals surface area contributed by atoms with Gasteiger partial charge in [0.1, 0.15) is 11.2 Å². The van der Waals surface area contributed by atoms with E-state index >= 15 is 0 Å². The number of furan rings is 2. The maximum Gasteiger partial charge on any atom is 0.416 e. The minimum Gasteiger partial charge on any atom is -0.453 e. The smallest absolute Gasteiger partial charge is 0.416 e. The SMILES string of the molecule is FC(F)(F)c1ccc2cc(-c3nccc(-c4ccc[nH]4)n3)oc2c1.FC(F)(F)c1ccc2cc(-c3nccc(C4=CC=CC4)n3)oc2c1. The fourth-order valence-corrected chi connectivity index (χ4v) is 5.05. The molecule has 13 heteroatoms. The van der Waals surface area contributed by atoms with Gasteiger partial charge in [0.25, 0.3) is 0 Å². The van der Waals surface area contributed by atoms with Crippen molar-refractivity contribution < 1.29 is 35.2 Å². The Morgan fingerprint density at radius 1 is 0.646 bits per heavy atom. The summed E-state index contributed by atoms with van der Waals surface area (Å²) in [4.78, 5) is 20.2. The van der Waals surface area contributed by atoms with Gasteiger partial charge in [-0.1, -0.05) is 30.4 Å². The van der Waals surface area contributed by atoms with E-state index in [-0.39, 0.29) is 11.2 Å². The van der Waals surface area contributed by atoms with Crippen LogP contribution in [0, 0.1) is 0 Å². The van der Waals surface area contributed by atoms with E-state index < -0.39 is 23.5 Å². The van der Waals surface area contributed by atoms with E-state index in [1.165, 1.54) is 12.1 Å². The van der Waals surface area contributed by atoms with Gasteiger partial charge < -0.3 is 13.8 Å². The van der Waals surface area contributed by atoms with Crippen molar-refractivity contribution in [2.45, 2.75) is 18.8 Å². The van der Waals surface area contributed by atoms with Gasteiger partial charge >= 0.3 is 12.4 Å². The molecule has 48 heavy (non-hydrogen) atoms. The molecule has 0 fully saturated rings. The zero-order valence-electron chi connectivity index (χ0n) is 24.5. The van der Waals surface area contributed by atoms with Crippen LogP contribution in [0.1, 0.15) is 23.2 Å². The molecule has 1 N–H and O–H groups in total. The van der Waals surface area contributed by atoms with Crippen LogP contribution in [0.25, 0.3) is 62.1 Å². The van der Waals surface area contributed by atoms with Crippen LogP contribution in [0.3, 0.4) is 0 Å². The Kier molecular flexibility index (Phi) is 7.66. The van der Waals surface area contributed by atoms with Crippen molar-refractivity contribution in [1.82, 2.24) is 24.9 Å². The summed E-state index contributed by atoms with van der Waals surface area (Å²) in [6, 6.07) is 17.3. The molecule has 5 aromatic heterocycles. The molecule has 0 amide bonds. The minimum absolute atomic E-state index is 0.147. The number of allylic oxidation sites excluding steroid dienone is 4. The molecule has 1 aliphatic rings. The van der Waals surface area contributed by atoms with Crippen molar-refractivity contribution in [1.29, 1.82) is 0 Å². The highest BCUT2D eigenvalue weighted by Gasteiger charge is 2.32. The monoisotopic (exact) mass is 657 g/mol. The average Bonchev–Trinajstić information content (AvgIpc) is 3.90. The molecule has 0 unspecified atom stereocenters. The van der Waals surface area contributed by atoms with Gasteiger partial charge in [-0.2, -0.15) is 26.3 Å². The van der Waals surface area contributed by atoms with Gasteiger partial charge in [0.05, 0.1) is 28.2 Å². The van der Waals surface area contributed by atoms with E-state index in [0.717, 1.165) is 47.6 Å². The number of fused-ring (bicyclic) bond motifs is 2. The normalized spacial score (nSPS) is 13.2. The predicted octanol–water partition coefficient (Wildman–Crippen LogP) is 10.2. The first-order chi connectivity index (χ1) is 23.0. The van der Waals surface area contributed by atoms with Crippen LogP contribution in [-0.4, -0.2) is 24.9 Å². The molecule has 8 rings (SSSR count). The molecule has 1 aliphatic carbocycles. The number of nitrogens with one attached hydrogen (secondary N) is 1. The minimum atomic E-state index is -4.41. The van der Waals surface area contributed by atoms with Gasteiger partial charge in [0, 0.05) is 29.4 Å². The van der Waals surface area contributed by atoms with Crippen LogP contribution in [0.2, 0.25) is 0 Å². The summed E-state index contributed by atoms with van der Waals surface area (Å²) in [6.45, 7) is 0. The molecule has 0 saturated carbocycles. The lowest BCUT2D eigenvalue weighted by atomic mass is 10.1. The van der Waals surface area contributed by atoms with Crippen LogP contribution in [0.15, 0.2) is 118 Å². The van der Waals surface area contributed by atoms with Crippen LogP contribution >= 0.6 is 0 Å². The maximum absolute atomic E-state index is 12.8. The first-order valence-electron chi connectivity index (χ1n) is 14.4. The highest BCUT2D eigenvalue weighted by molar-refractivity contribution is 5.83. The summed E-state index contributed by atoms with van der Waals surface area (Å²) in [6.07, 6.45) is 2.90. The summed E-state index contributed by atoms with van der Waals surface area (Å²) in [5.74, 6) is 1.33. The molecule has 240 valence electrons. The van der Waals surface area contributed by atoms with Gasteiger partial charge in [0.2, 0.25) is 0 Å². The molecular formula is C35H21F6N5O2. The van der Waals surface area contributed by atoms with E-state index in [4.69, 9.17) is 8.83 Å². The third-order valence-electron chi connectivity index (χ3n) is 7.42. The van der Waals surface area contributed by atoms with Gasteiger partial charge in [-0.3, -0.25) is 0 Å². The molecule has 7 aromatic rings. The second-order valence-electron chi connectivity index (χ2n) is 10.7. The number of aromatic amines is 1. The number of rotatable bonds is 4. The van der Waals surface area contributed by atoms with Crippen molar-refractivity contribution >= 4 is 27.5 Å². The second-order valence-corrected chi connectivity index (χ2v) is 10.7. The maximum atomic E-state index is 12.8. The standard InChI is InChI=1S/C18H11F3N2O.C17H10F3N3O/c19-18(20,21)13-6-5-12-9-16(24-15(12)10-13)17-22-8-7-14(23-17)11-3-1-2-4-11;18-17(19,20)11-4-3-10-8-15(24-14(10)9-11)16-22-7-5-13(23-16)12-2-1-6-21-12/h1-3,5-10H,4H2;1-9,21H. The van der Waals surface area contributed by atoms with E-state index in [0.29, 0.717) is 39.6 Å². The molecule has 0 radical (unpaired) electrons. The summed E-state index contributed by atoms with van der Waals surface area (Å²) in [5.41, 5.74) is 2.14. The Bertz CT molecular complexity index is 2310. The molecule has 0 saturated heterocycles. The van der Waals surface area contributed by atoms with E-state index in [1.54, 1.807) is 42.9 Å². The number of aromatic nitrogens is 5. The van der Waals surface area contributed by atoms with Crippen LogP contribution in [0.5, 0.6) is 0 Å². The quantitative estimate of drug-likeness (QED) is 0.189. The average molecular weight is 658 g/mol. The largest absolute Gasteiger partial charge is 0.453 e. The molecule has 0 atom stereocenters. The van der Waals surface area contributed by atoms with Crippen molar-refractivity contribution in [3.8, 4) is 34.6 Å². The number of H-pyrrole nitrogens is 1. The second kappa shape index (κ2) is 12.0. The molecule has 0 spiro atoms. The third-order valence-corrected chi connectivity index (χ3v) is 7.42. The number of hydrogen-bond acceptors (Lipinski definition) is 6. The van der Waals surface area contributed by atoms with Gasteiger partial charge in [0.15, 0.2) is 23.2 Å². The zero-order valence-corrected chi connectivity index (χ0v) is 24.5. The van der Waals surface area contributed by atoms with Crippen LogP contribution < -0.4 is 0 Å². The van der Waals surface area contributed by atoms with Crippen molar-refractivity contribution in [2.75, 3.05) is 0 Å². The summed E-state index contributed by atoms with van der Waals surface area (Å²) < 4.78 is 87.8. The third kappa shape index (κ3) is 6.34. The van der Waals surface area contributed by atoms with Gasteiger partial charge in [-0.05, 0) is 72.7 Å². The Morgan fingerprint density at radius 3 is 1.71 bits per heavy atom. The number of alkyl halides is 6. The van der Waals surface area contributed by atoms with E-state index in [9.17, 15) is 26.3 Å². The highest BCUT2D eigenvalue weighted by Crippen LogP contribution is 2.35. The summed E-state index contributed by atoms with van der Waals surface area (Å²) in [7, 11) is 0. The lowest BCUT2D eigenvalue weighted by Crippen LogP contribution is -2.03. The number of halogens is 6. The first-order valence-corrected chi connectivity index (χ1v) is 14.4. The molecule has 0 bridgehead atoms. The fourth-order valence-electron chi connectivity index (χ4n) is 5.05. The Morgan fingerprint density at radius 2 is 1.21 bits per heavy atom. The van der Waals surface area contributed by atoms with Crippen molar-refractivity contribution in [3.63, 3.8) is 0 Å². The number of hydrogen-bond donors (Lipinski definition) is 1. The molecule has 2 aromatic carbocycles. The Labute approximate surface area is 267 Å². The van der Waals surface area contributed by atoms with Crippen molar-refractivity contribution in [2.24, 2.45) is 0 Å². The summed E-state index contributed by atoms with van der Waals surface area (Å²) in [5, 5.41) is 1.14. The van der Waals surface area contributed by atoms with Gasteiger partial charge in [-0.25, -0.2) is 19.9 Å². The molecule has 5 heterocycles.